The first-order chi connectivity index (χ1) is 5.69. The van der Waals surface area contributed by atoms with Crippen molar-refractivity contribution in [1.29, 1.82) is 0 Å². The van der Waals surface area contributed by atoms with E-state index in [1.807, 2.05) is 6.92 Å². The van der Waals surface area contributed by atoms with Gasteiger partial charge >= 0.3 is 0 Å². The van der Waals surface area contributed by atoms with E-state index >= 15 is 0 Å². The van der Waals surface area contributed by atoms with Crippen LogP contribution in [0.3, 0.4) is 0 Å². The second kappa shape index (κ2) is 3.49. The fourth-order valence-electron chi connectivity index (χ4n) is 0.924. The van der Waals surface area contributed by atoms with E-state index in [9.17, 15) is 5.11 Å². The van der Waals surface area contributed by atoms with Gasteiger partial charge in [-0.25, -0.2) is 0 Å². The second-order valence-electron chi connectivity index (χ2n) is 2.39. The molecule has 0 bridgehead atoms. The molecule has 0 spiro atoms. The SMILES string of the molecule is CCC1=CC(OC)=C(O)C(O)O1. The van der Waals surface area contributed by atoms with Crippen LogP contribution in [-0.4, -0.2) is 23.6 Å². The highest BCUT2D eigenvalue weighted by atomic mass is 16.6. The third-order valence-corrected chi connectivity index (χ3v) is 1.61. The Kier molecular flexibility index (Phi) is 2.60. The summed E-state index contributed by atoms with van der Waals surface area (Å²) in [5, 5.41) is 18.3. The zero-order valence-electron chi connectivity index (χ0n) is 7.07. The largest absolute Gasteiger partial charge is 0.504 e. The Bertz CT molecular complexity index is 229. The number of allylic oxidation sites excluding steroid dienone is 2. The van der Waals surface area contributed by atoms with Crippen LogP contribution in [0.25, 0.3) is 0 Å². The molecule has 2 N–H and O–H groups in total. The van der Waals surface area contributed by atoms with E-state index < -0.39 is 6.29 Å². The van der Waals surface area contributed by atoms with E-state index in [1.54, 1.807) is 6.08 Å². The standard InChI is InChI=1S/C8H12O4/c1-3-5-4-6(11-2)7(9)8(10)12-5/h4,8-10H,3H2,1-2H3. The molecule has 0 amide bonds. The predicted octanol–water partition coefficient (Wildman–Crippen LogP) is 1.04. The number of aliphatic hydroxyl groups excluding tert-OH is 2. The summed E-state index contributed by atoms with van der Waals surface area (Å²) in [5.41, 5.74) is 0. The van der Waals surface area contributed by atoms with Crippen LogP contribution >= 0.6 is 0 Å². The molecule has 12 heavy (non-hydrogen) atoms. The Labute approximate surface area is 70.7 Å². The van der Waals surface area contributed by atoms with E-state index in [2.05, 4.69) is 0 Å². The molecule has 1 aliphatic rings. The summed E-state index contributed by atoms with van der Waals surface area (Å²) in [4.78, 5) is 0. The van der Waals surface area contributed by atoms with Gasteiger partial charge in [-0.05, 0) is 0 Å². The first-order valence-corrected chi connectivity index (χ1v) is 3.71. The molecule has 0 radical (unpaired) electrons. The van der Waals surface area contributed by atoms with Crippen molar-refractivity contribution >= 4 is 0 Å². The van der Waals surface area contributed by atoms with Crippen LogP contribution < -0.4 is 0 Å². The Hall–Kier alpha value is -1.16. The van der Waals surface area contributed by atoms with Crippen LogP contribution in [0.15, 0.2) is 23.4 Å². The molecule has 0 aromatic heterocycles. The van der Waals surface area contributed by atoms with Crippen molar-refractivity contribution in [1.82, 2.24) is 0 Å². The molecule has 1 atom stereocenters. The Morgan fingerprint density at radius 2 is 2.33 bits per heavy atom. The van der Waals surface area contributed by atoms with Crippen molar-refractivity contribution in [2.24, 2.45) is 0 Å². The number of rotatable bonds is 2. The fourth-order valence-corrected chi connectivity index (χ4v) is 0.924. The Balaban J connectivity index is 2.90. The zero-order valence-corrected chi connectivity index (χ0v) is 7.07. The minimum absolute atomic E-state index is 0.255. The summed E-state index contributed by atoms with van der Waals surface area (Å²) in [6.07, 6.45) is 0.916. The molecular weight excluding hydrogens is 160 g/mol. The predicted molar refractivity (Wildman–Crippen MR) is 42.1 cm³/mol. The molecule has 1 aliphatic heterocycles. The molecular formula is C8H12O4. The Morgan fingerprint density at radius 1 is 1.67 bits per heavy atom. The maximum atomic E-state index is 9.19. The highest BCUT2D eigenvalue weighted by Gasteiger charge is 2.22. The van der Waals surface area contributed by atoms with Gasteiger partial charge in [-0.2, -0.15) is 0 Å². The van der Waals surface area contributed by atoms with Crippen molar-refractivity contribution in [3.8, 4) is 0 Å². The van der Waals surface area contributed by atoms with E-state index in [0.29, 0.717) is 12.2 Å². The fraction of sp³-hybridized carbons (Fsp3) is 0.500. The van der Waals surface area contributed by atoms with E-state index in [4.69, 9.17) is 14.6 Å². The molecule has 1 heterocycles. The van der Waals surface area contributed by atoms with E-state index in [0.717, 1.165) is 0 Å². The third-order valence-electron chi connectivity index (χ3n) is 1.61. The molecule has 1 rings (SSSR count). The van der Waals surface area contributed by atoms with Gasteiger partial charge in [0, 0.05) is 12.5 Å². The van der Waals surface area contributed by atoms with Gasteiger partial charge in [0.15, 0.2) is 5.76 Å². The topological polar surface area (TPSA) is 58.9 Å². The maximum Gasteiger partial charge on any atom is 0.259 e. The molecule has 1 unspecified atom stereocenters. The van der Waals surface area contributed by atoms with Crippen LogP contribution in [0, 0.1) is 0 Å². The van der Waals surface area contributed by atoms with Gasteiger partial charge in [0.1, 0.15) is 5.76 Å². The van der Waals surface area contributed by atoms with Crippen LogP contribution in [0.1, 0.15) is 13.3 Å². The molecule has 0 aromatic carbocycles. The molecule has 0 fully saturated rings. The average Bonchev–Trinajstić information content (AvgIpc) is 2.09. The van der Waals surface area contributed by atoms with Gasteiger partial charge in [-0.1, -0.05) is 6.92 Å². The second-order valence-corrected chi connectivity index (χ2v) is 2.39. The smallest absolute Gasteiger partial charge is 0.259 e. The number of hydrogen-bond donors (Lipinski definition) is 2. The summed E-state index contributed by atoms with van der Waals surface area (Å²) in [6.45, 7) is 1.88. The maximum absolute atomic E-state index is 9.19. The lowest BCUT2D eigenvalue weighted by Crippen LogP contribution is -2.20. The van der Waals surface area contributed by atoms with E-state index in [1.165, 1.54) is 7.11 Å². The van der Waals surface area contributed by atoms with Crippen LogP contribution in [-0.2, 0) is 9.47 Å². The van der Waals surface area contributed by atoms with Gasteiger partial charge in [0.05, 0.1) is 7.11 Å². The van der Waals surface area contributed by atoms with E-state index in [-0.39, 0.29) is 11.5 Å². The average molecular weight is 172 g/mol. The molecule has 68 valence electrons. The van der Waals surface area contributed by atoms with Crippen molar-refractivity contribution in [3.05, 3.63) is 23.4 Å². The molecule has 4 heteroatoms. The van der Waals surface area contributed by atoms with Crippen LogP contribution in [0.5, 0.6) is 0 Å². The summed E-state index contributed by atoms with van der Waals surface area (Å²) in [7, 11) is 1.42. The quantitative estimate of drug-likeness (QED) is 0.653. The van der Waals surface area contributed by atoms with Crippen molar-refractivity contribution in [2.45, 2.75) is 19.6 Å². The minimum atomic E-state index is -1.29. The first-order valence-electron chi connectivity index (χ1n) is 3.71. The lowest BCUT2D eigenvalue weighted by Gasteiger charge is -2.20. The zero-order chi connectivity index (χ0) is 9.14. The highest BCUT2D eigenvalue weighted by Crippen LogP contribution is 2.22. The lowest BCUT2D eigenvalue weighted by atomic mass is 10.2. The normalized spacial score (nSPS) is 23.2. The molecule has 4 nitrogen and oxygen atoms in total. The summed E-state index contributed by atoms with van der Waals surface area (Å²) in [6, 6.07) is 0. The number of ether oxygens (including phenoxy) is 2. The molecule has 0 saturated heterocycles. The Morgan fingerprint density at radius 3 is 2.83 bits per heavy atom. The molecule has 0 aromatic rings. The van der Waals surface area contributed by atoms with Gasteiger partial charge in [0.2, 0.25) is 5.76 Å². The number of methoxy groups -OCH3 is 1. The monoisotopic (exact) mass is 172 g/mol. The highest BCUT2D eigenvalue weighted by molar-refractivity contribution is 5.23. The summed E-state index contributed by atoms with van der Waals surface area (Å²) < 4.78 is 9.73. The molecule has 0 saturated carbocycles. The molecule has 0 aliphatic carbocycles. The van der Waals surface area contributed by atoms with Gasteiger partial charge in [-0.15, -0.1) is 0 Å². The lowest BCUT2D eigenvalue weighted by molar-refractivity contribution is -0.0727. The number of hydrogen-bond acceptors (Lipinski definition) is 4. The van der Waals surface area contributed by atoms with Gasteiger partial charge < -0.3 is 19.7 Å². The van der Waals surface area contributed by atoms with Gasteiger partial charge in [-0.3, -0.25) is 0 Å². The van der Waals surface area contributed by atoms with Crippen molar-refractivity contribution < 1.29 is 19.7 Å². The third kappa shape index (κ3) is 1.53. The summed E-state index contributed by atoms with van der Waals surface area (Å²) >= 11 is 0. The van der Waals surface area contributed by atoms with Crippen LogP contribution in [0.4, 0.5) is 0 Å². The van der Waals surface area contributed by atoms with Crippen LogP contribution in [0.2, 0.25) is 0 Å². The van der Waals surface area contributed by atoms with Crippen molar-refractivity contribution in [2.75, 3.05) is 7.11 Å². The van der Waals surface area contributed by atoms with Crippen molar-refractivity contribution in [3.63, 3.8) is 0 Å². The summed E-state index contributed by atoms with van der Waals surface area (Å²) in [5.74, 6) is 0.567. The van der Waals surface area contributed by atoms with Gasteiger partial charge in [0.25, 0.3) is 6.29 Å². The number of aliphatic hydroxyl groups is 2. The first kappa shape index (κ1) is 8.93. The minimum Gasteiger partial charge on any atom is -0.504 e.